The number of carbonyl (C=O) groups is 1. The Morgan fingerprint density at radius 2 is 1.88 bits per heavy atom. The fourth-order valence-corrected chi connectivity index (χ4v) is 2.71. The largest absolute Gasteiger partial charge is 0.493 e. The molecule has 0 saturated carbocycles. The molecule has 0 saturated heterocycles. The molecule has 0 atom stereocenters. The highest BCUT2D eigenvalue weighted by Gasteiger charge is 2.18. The van der Waals surface area contributed by atoms with Gasteiger partial charge >= 0.3 is 0 Å². The molecule has 0 aliphatic rings. The SMILES string of the molecule is COc1ccc(CCNc2[nH+]c(C)cc(C)c2C(N)=O)cc1OC. The average molecular weight is 330 g/mol. The number of primary amides is 1. The third kappa shape index (κ3) is 3.95. The minimum atomic E-state index is -0.447. The minimum absolute atomic E-state index is 0.447. The van der Waals surface area contributed by atoms with Crippen LogP contribution in [0.15, 0.2) is 24.3 Å². The summed E-state index contributed by atoms with van der Waals surface area (Å²) in [6, 6.07) is 7.72. The van der Waals surface area contributed by atoms with Gasteiger partial charge in [0, 0.05) is 6.42 Å². The Bertz CT molecular complexity index is 745. The first-order valence-electron chi connectivity index (χ1n) is 7.74. The van der Waals surface area contributed by atoms with Crippen molar-refractivity contribution < 1.29 is 19.3 Å². The number of aromatic nitrogens is 1. The van der Waals surface area contributed by atoms with Crippen molar-refractivity contribution in [3.05, 3.63) is 46.6 Å². The van der Waals surface area contributed by atoms with Crippen LogP contribution in [0, 0.1) is 13.8 Å². The van der Waals surface area contributed by atoms with Crippen molar-refractivity contribution in [1.29, 1.82) is 0 Å². The van der Waals surface area contributed by atoms with Crippen molar-refractivity contribution >= 4 is 11.7 Å². The molecule has 0 spiro atoms. The van der Waals surface area contributed by atoms with Gasteiger partial charge in [0.15, 0.2) is 11.5 Å². The number of rotatable bonds is 7. The first kappa shape index (κ1) is 17.6. The van der Waals surface area contributed by atoms with E-state index in [4.69, 9.17) is 15.2 Å². The molecular weight excluding hydrogens is 306 g/mol. The molecule has 0 unspecified atom stereocenters. The van der Waals surface area contributed by atoms with Gasteiger partial charge in [0.2, 0.25) is 0 Å². The van der Waals surface area contributed by atoms with Crippen LogP contribution < -0.4 is 25.5 Å². The Balaban J connectivity index is 2.11. The van der Waals surface area contributed by atoms with E-state index < -0.39 is 5.91 Å². The highest BCUT2D eigenvalue weighted by molar-refractivity contribution is 5.98. The number of ether oxygens (including phenoxy) is 2. The van der Waals surface area contributed by atoms with Gasteiger partial charge in [-0.05, 0) is 43.2 Å². The van der Waals surface area contributed by atoms with Crippen LogP contribution in [0.3, 0.4) is 0 Å². The number of carbonyl (C=O) groups excluding carboxylic acids is 1. The van der Waals surface area contributed by atoms with Crippen LogP contribution in [0.25, 0.3) is 0 Å². The molecule has 1 aromatic heterocycles. The number of H-pyrrole nitrogens is 1. The Hall–Kier alpha value is -2.76. The fraction of sp³-hybridized carbons (Fsp3) is 0.333. The standard InChI is InChI=1S/C18H23N3O3/c1-11-9-12(2)21-18(16(11)17(19)22)20-8-7-13-5-6-14(23-3)15(10-13)24-4/h5-6,9-10H,7-8H2,1-4H3,(H2,19,22)(H,20,21)/p+1. The lowest BCUT2D eigenvalue weighted by Crippen LogP contribution is -2.25. The number of anilines is 1. The average Bonchev–Trinajstić information content (AvgIpc) is 2.53. The summed E-state index contributed by atoms with van der Waals surface area (Å²) in [6.07, 6.45) is 0.763. The second-order valence-corrected chi connectivity index (χ2v) is 5.62. The van der Waals surface area contributed by atoms with Gasteiger partial charge in [0.1, 0.15) is 5.56 Å². The molecule has 2 rings (SSSR count). The maximum atomic E-state index is 11.7. The summed E-state index contributed by atoms with van der Waals surface area (Å²) in [7, 11) is 3.23. The lowest BCUT2D eigenvalue weighted by atomic mass is 10.1. The number of hydrogen-bond donors (Lipinski definition) is 2. The Morgan fingerprint density at radius 3 is 2.50 bits per heavy atom. The van der Waals surface area contributed by atoms with E-state index in [1.165, 1.54) is 0 Å². The van der Waals surface area contributed by atoms with Crippen molar-refractivity contribution in [2.24, 2.45) is 5.73 Å². The molecule has 1 amide bonds. The van der Waals surface area contributed by atoms with E-state index in [-0.39, 0.29) is 0 Å². The molecule has 0 bridgehead atoms. The molecule has 128 valence electrons. The van der Waals surface area contributed by atoms with Crippen LogP contribution in [-0.4, -0.2) is 26.7 Å². The number of nitrogens with two attached hydrogens (primary N) is 1. The molecule has 0 aliphatic heterocycles. The van der Waals surface area contributed by atoms with Crippen molar-refractivity contribution in [3.63, 3.8) is 0 Å². The van der Waals surface area contributed by atoms with Gasteiger partial charge in [-0.1, -0.05) is 6.07 Å². The maximum absolute atomic E-state index is 11.7. The number of methoxy groups -OCH3 is 2. The molecule has 4 N–H and O–H groups in total. The topological polar surface area (TPSA) is 87.7 Å². The van der Waals surface area contributed by atoms with Gasteiger partial charge in [-0.2, -0.15) is 0 Å². The molecule has 6 nitrogen and oxygen atoms in total. The molecule has 2 aromatic rings. The second kappa shape index (κ2) is 7.68. The summed E-state index contributed by atoms with van der Waals surface area (Å²) in [6.45, 7) is 4.47. The van der Waals surface area contributed by atoms with Gasteiger partial charge in [-0.15, -0.1) is 0 Å². The molecule has 1 aromatic carbocycles. The van der Waals surface area contributed by atoms with Crippen molar-refractivity contribution in [2.45, 2.75) is 20.3 Å². The van der Waals surface area contributed by atoms with Crippen LogP contribution in [0.2, 0.25) is 0 Å². The van der Waals surface area contributed by atoms with Crippen LogP contribution in [-0.2, 0) is 6.42 Å². The number of hydrogen-bond acceptors (Lipinski definition) is 4. The number of aryl methyl sites for hydroxylation is 2. The summed E-state index contributed by atoms with van der Waals surface area (Å²) in [4.78, 5) is 14.8. The lowest BCUT2D eigenvalue weighted by Gasteiger charge is -2.10. The zero-order chi connectivity index (χ0) is 17.7. The summed E-state index contributed by atoms with van der Waals surface area (Å²) in [5, 5.41) is 3.26. The maximum Gasteiger partial charge on any atom is 0.285 e. The van der Waals surface area contributed by atoms with Crippen molar-refractivity contribution in [2.75, 3.05) is 26.1 Å². The van der Waals surface area contributed by atoms with E-state index in [1.54, 1.807) is 14.2 Å². The number of aromatic amines is 1. The molecular formula is C18H24N3O3+. The first-order chi connectivity index (χ1) is 11.5. The van der Waals surface area contributed by atoms with Crippen molar-refractivity contribution in [3.8, 4) is 11.5 Å². The summed E-state index contributed by atoms with van der Waals surface area (Å²) in [5.41, 5.74) is 8.90. The number of pyridine rings is 1. The van der Waals surface area contributed by atoms with Crippen LogP contribution in [0.1, 0.15) is 27.2 Å². The molecule has 6 heteroatoms. The Morgan fingerprint density at radius 1 is 1.17 bits per heavy atom. The first-order valence-corrected chi connectivity index (χ1v) is 7.74. The molecule has 0 aliphatic carbocycles. The highest BCUT2D eigenvalue weighted by Crippen LogP contribution is 2.27. The molecule has 24 heavy (non-hydrogen) atoms. The summed E-state index contributed by atoms with van der Waals surface area (Å²) < 4.78 is 10.5. The number of amides is 1. The second-order valence-electron chi connectivity index (χ2n) is 5.62. The van der Waals surface area contributed by atoms with Gasteiger partial charge < -0.3 is 15.2 Å². The van der Waals surface area contributed by atoms with Gasteiger partial charge in [-0.25, -0.2) is 4.98 Å². The van der Waals surface area contributed by atoms with Crippen LogP contribution in [0.4, 0.5) is 5.82 Å². The molecule has 0 fully saturated rings. The lowest BCUT2D eigenvalue weighted by molar-refractivity contribution is -0.371. The smallest absolute Gasteiger partial charge is 0.285 e. The fourth-order valence-electron chi connectivity index (χ4n) is 2.71. The Labute approximate surface area is 142 Å². The van der Waals surface area contributed by atoms with E-state index in [9.17, 15) is 4.79 Å². The van der Waals surface area contributed by atoms with Gasteiger partial charge in [0.25, 0.3) is 11.7 Å². The number of benzene rings is 1. The zero-order valence-electron chi connectivity index (χ0n) is 14.5. The molecule has 0 radical (unpaired) electrons. The highest BCUT2D eigenvalue weighted by atomic mass is 16.5. The Kier molecular flexibility index (Phi) is 5.63. The zero-order valence-corrected chi connectivity index (χ0v) is 14.5. The molecule has 1 heterocycles. The predicted octanol–water partition coefficient (Wildman–Crippen LogP) is 1.89. The van der Waals surface area contributed by atoms with E-state index in [0.717, 1.165) is 23.2 Å². The summed E-state index contributed by atoms with van der Waals surface area (Å²) >= 11 is 0. The van der Waals surface area contributed by atoms with Crippen LogP contribution >= 0.6 is 0 Å². The van der Waals surface area contributed by atoms with Crippen LogP contribution in [0.5, 0.6) is 11.5 Å². The number of nitrogens with one attached hydrogen (secondary N) is 2. The van der Waals surface area contributed by atoms with E-state index in [2.05, 4.69) is 10.3 Å². The van der Waals surface area contributed by atoms with E-state index >= 15 is 0 Å². The van der Waals surface area contributed by atoms with E-state index in [0.29, 0.717) is 29.4 Å². The predicted molar refractivity (Wildman–Crippen MR) is 92.7 cm³/mol. The summed E-state index contributed by atoms with van der Waals surface area (Å²) in [5.74, 6) is 1.61. The van der Waals surface area contributed by atoms with Gasteiger partial charge in [-0.3, -0.25) is 10.1 Å². The normalized spacial score (nSPS) is 10.3. The van der Waals surface area contributed by atoms with Crippen molar-refractivity contribution in [1.82, 2.24) is 0 Å². The van der Waals surface area contributed by atoms with E-state index in [1.807, 2.05) is 38.1 Å². The van der Waals surface area contributed by atoms with Gasteiger partial charge in [0.05, 0.1) is 26.5 Å². The quantitative estimate of drug-likeness (QED) is 0.811. The third-order valence-corrected chi connectivity index (χ3v) is 3.81. The minimum Gasteiger partial charge on any atom is -0.493 e. The third-order valence-electron chi connectivity index (χ3n) is 3.81. The monoisotopic (exact) mass is 330 g/mol.